The van der Waals surface area contributed by atoms with Gasteiger partial charge in [0.25, 0.3) is 5.91 Å². The highest BCUT2D eigenvalue weighted by atomic mass is 19.1. The number of hydrogen-bond acceptors (Lipinski definition) is 4. The molecule has 2 aromatic rings. The van der Waals surface area contributed by atoms with E-state index < -0.39 is 17.5 Å². The van der Waals surface area contributed by atoms with Crippen molar-refractivity contribution < 1.29 is 13.6 Å². The summed E-state index contributed by atoms with van der Waals surface area (Å²) in [6, 6.07) is 4.37. The molecule has 0 radical (unpaired) electrons. The summed E-state index contributed by atoms with van der Waals surface area (Å²) in [6.07, 6.45) is 0. The van der Waals surface area contributed by atoms with Crippen LogP contribution >= 0.6 is 0 Å². The van der Waals surface area contributed by atoms with Crippen LogP contribution in [-0.4, -0.2) is 29.0 Å². The van der Waals surface area contributed by atoms with Gasteiger partial charge in [-0.1, -0.05) is 0 Å². The number of amides is 1. The van der Waals surface area contributed by atoms with Gasteiger partial charge >= 0.3 is 0 Å². The first kappa shape index (κ1) is 15.8. The lowest BCUT2D eigenvalue weighted by molar-refractivity contribution is 0.0995. The van der Waals surface area contributed by atoms with Crippen molar-refractivity contribution in [3.8, 4) is 11.3 Å². The second-order valence-electron chi connectivity index (χ2n) is 4.63. The molecular formula is C15H16F2N4O. The Kier molecular flexibility index (Phi) is 4.65. The maximum absolute atomic E-state index is 13.4. The standard InChI is InChI=1S/C15H16F2N4O/c1-3-21(4-2)15-19-12(8-13(20-15)14(18)22)9-5-10(16)7-11(17)6-9/h5-8H,3-4H2,1-2H3,(H2,18,22). The van der Waals surface area contributed by atoms with Gasteiger partial charge in [0.05, 0.1) is 5.69 Å². The van der Waals surface area contributed by atoms with Gasteiger partial charge in [0.15, 0.2) is 0 Å². The molecule has 0 atom stereocenters. The van der Waals surface area contributed by atoms with Gasteiger partial charge in [-0.3, -0.25) is 4.79 Å². The van der Waals surface area contributed by atoms with Crippen LogP contribution in [0.3, 0.4) is 0 Å². The summed E-state index contributed by atoms with van der Waals surface area (Å²) in [4.78, 5) is 21.6. The second kappa shape index (κ2) is 6.46. The Balaban J connectivity index is 2.61. The summed E-state index contributed by atoms with van der Waals surface area (Å²) in [5.41, 5.74) is 5.73. The van der Waals surface area contributed by atoms with Gasteiger partial charge in [0.2, 0.25) is 5.95 Å². The maximum atomic E-state index is 13.4. The molecule has 2 N–H and O–H groups in total. The molecule has 1 amide bonds. The van der Waals surface area contributed by atoms with Crippen molar-refractivity contribution in [3.63, 3.8) is 0 Å². The highest BCUT2D eigenvalue weighted by molar-refractivity contribution is 5.92. The Bertz CT molecular complexity index is 682. The molecule has 1 heterocycles. The van der Waals surface area contributed by atoms with E-state index in [0.717, 1.165) is 18.2 Å². The van der Waals surface area contributed by atoms with E-state index in [9.17, 15) is 13.6 Å². The minimum atomic E-state index is -0.728. The molecule has 7 heteroatoms. The van der Waals surface area contributed by atoms with Crippen LogP contribution in [0.1, 0.15) is 24.3 Å². The van der Waals surface area contributed by atoms with E-state index in [1.54, 1.807) is 0 Å². The average Bonchev–Trinajstić information content (AvgIpc) is 2.47. The molecule has 0 saturated heterocycles. The molecule has 0 aliphatic rings. The van der Waals surface area contributed by atoms with Gasteiger partial charge in [-0.05, 0) is 32.0 Å². The van der Waals surface area contributed by atoms with E-state index in [4.69, 9.17) is 5.73 Å². The van der Waals surface area contributed by atoms with Gasteiger partial charge in [0.1, 0.15) is 17.3 Å². The number of nitrogens with zero attached hydrogens (tertiary/aromatic N) is 3. The first-order chi connectivity index (χ1) is 10.4. The zero-order valence-corrected chi connectivity index (χ0v) is 12.3. The molecule has 0 aliphatic carbocycles. The molecule has 0 spiro atoms. The highest BCUT2D eigenvalue weighted by Crippen LogP contribution is 2.23. The fraction of sp³-hybridized carbons (Fsp3) is 0.267. The van der Waals surface area contributed by atoms with Crippen molar-refractivity contribution in [2.24, 2.45) is 5.73 Å². The number of anilines is 1. The van der Waals surface area contributed by atoms with Crippen LogP contribution in [0, 0.1) is 11.6 Å². The molecule has 0 aliphatic heterocycles. The summed E-state index contributed by atoms with van der Waals surface area (Å²) in [7, 11) is 0. The maximum Gasteiger partial charge on any atom is 0.267 e. The third kappa shape index (κ3) is 3.36. The Hall–Kier alpha value is -2.57. The number of primary amides is 1. The van der Waals surface area contributed by atoms with E-state index in [1.807, 2.05) is 18.7 Å². The zero-order valence-electron chi connectivity index (χ0n) is 12.3. The van der Waals surface area contributed by atoms with Crippen LogP contribution in [0.2, 0.25) is 0 Å². The number of hydrogen-bond donors (Lipinski definition) is 1. The highest BCUT2D eigenvalue weighted by Gasteiger charge is 2.14. The van der Waals surface area contributed by atoms with Crippen molar-refractivity contribution >= 4 is 11.9 Å². The SMILES string of the molecule is CCN(CC)c1nc(C(N)=O)cc(-c2cc(F)cc(F)c2)n1. The Labute approximate surface area is 126 Å². The summed E-state index contributed by atoms with van der Waals surface area (Å²) >= 11 is 0. The van der Waals surface area contributed by atoms with Crippen molar-refractivity contribution in [2.45, 2.75) is 13.8 Å². The van der Waals surface area contributed by atoms with Gasteiger partial charge < -0.3 is 10.6 Å². The molecular weight excluding hydrogens is 290 g/mol. The predicted molar refractivity (Wildman–Crippen MR) is 79.5 cm³/mol. The minimum Gasteiger partial charge on any atom is -0.364 e. The Morgan fingerprint density at radius 2 is 1.68 bits per heavy atom. The van der Waals surface area contributed by atoms with Gasteiger partial charge in [0, 0.05) is 24.7 Å². The minimum absolute atomic E-state index is 0.00318. The largest absolute Gasteiger partial charge is 0.364 e. The lowest BCUT2D eigenvalue weighted by Gasteiger charge is -2.19. The van der Waals surface area contributed by atoms with Gasteiger partial charge in [-0.15, -0.1) is 0 Å². The zero-order chi connectivity index (χ0) is 16.3. The number of rotatable bonds is 5. The fourth-order valence-electron chi connectivity index (χ4n) is 2.06. The molecule has 1 aromatic heterocycles. The molecule has 0 fully saturated rings. The Morgan fingerprint density at radius 1 is 1.09 bits per heavy atom. The molecule has 1 aromatic carbocycles. The lowest BCUT2D eigenvalue weighted by atomic mass is 10.1. The van der Waals surface area contributed by atoms with Crippen LogP contribution < -0.4 is 10.6 Å². The van der Waals surface area contributed by atoms with E-state index in [2.05, 4.69) is 9.97 Å². The van der Waals surface area contributed by atoms with Crippen LogP contribution in [0.15, 0.2) is 24.3 Å². The molecule has 116 valence electrons. The topological polar surface area (TPSA) is 72.1 Å². The van der Waals surface area contributed by atoms with Crippen molar-refractivity contribution in [3.05, 3.63) is 41.6 Å². The molecule has 22 heavy (non-hydrogen) atoms. The fourth-order valence-corrected chi connectivity index (χ4v) is 2.06. The van der Waals surface area contributed by atoms with Crippen LogP contribution in [-0.2, 0) is 0 Å². The van der Waals surface area contributed by atoms with Crippen molar-refractivity contribution in [2.75, 3.05) is 18.0 Å². The summed E-state index contributed by atoms with van der Waals surface area (Å²) < 4.78 is 26.8. The molecule has 0 unspecified atom stereocenters. The molecule has 0 saturated carbocycles. The predicted octanol–water partition coefficient (Wildman–Crippen LogP) is 2.37. The normalized spacial score (nSPS) is 10.5. The number of carbonyl (C=O) groups is 1. The number of nitrogens with two attached hydrogens (primary N) is 1. The van der Waals surface area contributed by atoms with Crippen LogP contribution in [0.5, 0.6) is 0 Å². The van der Waals surface area contributed by atoms with Crippen LogP contribution in [0.4, 0.5) is 14.7 Å². The van der Waals surface area contributed by atoms with Crippen molar-refractivity contribution in [1.82, 2.24) is 9.97 Å². The molecule has 0 bridgehead atoms. The smallest absolute Gasteiger partial charge is 0.267 e. The average molecular weight is 306 g/mol. The molecule has 5 nitrogen and oxygen atoms in total. The van der Waals surface area contributed by atoms with E-state index in [-0.39, 0.29) is 17.0 Å². The number of benzene rings is 1. The Morgan fingerprint density at radius 3 is 2.18 bits per heavy atom. The monoisotopic (exact) mass is 306 g/mol. The number of carbonyl (C=O) groups excluding carboxylic acids is 1. The first-order valence-corrected chi connectivity index (χ1v) is 6.84. The van der Waals surface area contributed by atoms with E-state index in [1.165, 1.54) is 6.07 Å². The second-order valence-corrected chi connectivity index (χ2v) is 4.63. The van der Waals surface area contributed by atoms with Crippen LogP contribution in [0.25, 0.3) is 11.3 Å². The lowest BCUT2D eigenvalue weighted by Crippen LogP contribution is -2.26. The van der Waals surface area contributed by atoms with Gasteiger partial charge in [-0.25, -0.2) is 18.7 Å². The van der Waals surface area contributed by atoms with E-state index >= 15 is 0 Å². The quantitative estimate of drug-likeness (QED) is 0.920. The number of aromatic nitrogens is 2. The third-order valence-electron chi connectivity index (χ3n) is 3.17. The summed E-state index contributed by atoms with van der Waals surface area (Å²) in [5.74, 6) is -1.88. The summed E-state index contributed by atoms with van der Waals surface area (Å²) in [6.45, 7) is 5.06. The molecule has 2 rings (SSSR count). The number of halogens is 2. The van der Waals surface area contributed by atoms with Gasteiger partial charge in [-0.2, -0.15) is 0 Å². The van der Waals surface area contributed by atoms with Crippen molar-refractivity contribution in [1.29, 1.82) is 0 Å². The third-order valence-corrected chi connectivity index (χ3v) is 3.17. The summed E-state index contributed by atoms with van der Waals surface area (Å²) in [5, 5.41) is 0. The van der Waals surface area contributed by atoms with E-state index in [0.29, 0.717) is 19.0 Å². The first-order valence-electron chi connectivity index (χ1n) is 6.84.